The molecular weight excluding hydrogens is 385 g/mol. The average Bonchev–Trinajstić information content (AvgIpc) is 3.20. The number of benzene rings is 2. The number of aromatic nitrogens is 4. The molecule has 0 radical (unpaired) electrons. The Kier molecular flexibility index (Phi) is 6.02. The number of likely N-dealkylation sites (tertiary alicyclic amines) is 1. The zero-order valence-electron chi connectivity index (χ0n) is 16.9. The number of aryl methyl sites for hydroxylation is 1. The molecule has 30 heavy (non-hydrogen) atoms. The van der Waals surface area contributed by atoms with Crippen molar-refractivity contribution in [1.82, 2.24) is 25.1 Å². The molecular formula is C22H24FN5O2. The lowest BCUT2D eigenvalue weighted by atomic mass is 9.98. The van der Waals surface area contributed by atoms with Gasteiger partial charge in [-0.15, -0.1) is 5.10 Å². The van der Waals surface area contributed by atoms with Gasteiger partial charge in [0, 0.05) is 19.0 Å². The molecule has 1 fully saturated rings. The fraction of sp³-hybridized carbons (Fsp3) is 0.364. The number of ether oxygens (including phenoxy) is 1. The molecule has 1 aliphatic heterocycles. The highest BCUT2D eigenvalue weighted by Gasteiger charge is 2.24. The van der Waals surface area contributed by atoms with Gasteiger partial charge in [0.25, 0.3) is 0 Å². The summed E-state index contributed by atoms with van der Waals surface area (Å²) in [4.78, 5) is 14.7. The SMILES string of the molecule is Cc1nnnn1-c1ccc(CC(=O)N2CCC[C@H](COc3ccc(F)cc3)C2)cc1. The second-order valence-electron chi connectivity index (χ2n) is 7.59. The van der Waals surface area contributed by atoms with Crippen molar-refractivity contribution in [3.8, 4) is 11.4 Å². The standard InChI is InChI=1S/C22H24FN5O2/c1-16-24-25-26-28(16)20-8-4-17(5-9-20)13-22(29)27-12-2-3-18(14-27)15-30-21-10-6-19(23)7-11-21/h4-11,18H,2-3,12-15H2,1H3/t18-/m0/s1. The lowest BCUT2D eigenvalue weighted by Gasteiger charge is -2.32. The van der Waals surface area contributed by atoms with Gasteiger partial charge in [-0.05, 0) is 72.2 Å². The number of hydrogen-bond acceptors (Lipinski definition) is 5. The van der Waals surface area contributed by atoms with Crippen LogP contribution in [0.4, 0.5) is 4.39 Å². The fourth-order valence-corrected chi connectivity index (χ4v) is 3.68. The van der Waals surface area contributed by atoms with Gasteiger partial charge in [0.05, 0.1) is 18.7 Å². The summed E-state index contributed by atoms with van der Waals surface area (Å²) in [6.45, 7) is 3.81. The van der Waals surface area contributed by atoms with Gasteiger partial charge in [0.15, 0.2) is 5.82 Å². The summed E-state index contributed by atoms with van der Waals surface area (Å²) in [7, 11) is 0. The third kappa shape index (κ3) is 4.82. The molecule has 3 aromatic rings. The van der Waals surface area contributed by atoms with E-state index in [2.05, 4.69) is 15.5 Å². The van der Waals surface area contributed by atoms with E-state index >= 15 is 0 Å². The molecule has 8 heteroatoms. The summed E-state index contributed by atoms with van der Waals surface area (Å²) in [5, 5.41) is 11.5. The van der Waals surface area contributed by atoms with Crippen LogP contribution in [0.25, 0.3) is 5.69 Å². The van der Waals surface area contributed by atoms with Gasteiger partial charge in [0.1, 0.15) is 11.6 Å². The molecule has 1 saturated heterocycles. The van der Waals surface area contributed by atoms with Crippen molar-refractivity contribution in [3.05, 3.63) is 65.7 Å². The molecule has 1 atom stereocenters. The summed E-state index contributed by atoms with van der Waals surface area (Å²) < 4.78 is 20.4. The second kappa shape index (κ2) is 9.02. The summed E-state index contributed by atoms with van der Waals surface area (Å²) in [6.07, 6.45) is 2.34. The van der Waals surface area contributed by atoms with E-state index in [9.17, 15) is 9.18 Å². The number of carbonyl (C=O) groups is 1. The lowest BCUT2D eigenvalue weighted by Crippen LogP contribution is -2.42. The van der Waals surface area contributed by atoms with Crippen molar-refractivity contribution in [2.45, 2.75) is 26.2 Å². The number of piperidine rings is 1. The van der Waals surface area contributed by atoms with Crippen LogP contribution in [-0.2, 0) is 11.2 Å². The molecule has 2 heterocycles. The van der Waals surface area contributed by atoms with E-state index in [4.69, 9.17) is 4.74 Å². The molecule has 0 spiro atoms. The average molecular weight is 409 g/mol. The van der Waals surface area contributed by atoms with E-state index < -0.39 is 0 Å². The Morgan fingerprint density at radius 3 is 2.63 bits per heavy atom. The predicted molar refractivity (Wildman–Crippen MR) is 109 cm³/mol. The molecule has 1 aliphatic rings. The highest BCUT2D eigenvalue weighted by molar-refractivity contribution is 5.79. The normalized spacial score (nSPS) is 16.5. The summed E-state index contributed by atoms with van der Waals surface area (Å²) in [5.74, 6) is 1.47. The first-order valence-electron chi connectivity index (χ1n) is 10.1. The number of rotatable bonds is 6. The highest BCUT2D eigenvalue weighted by atomic mass is 19.1. The fourth-order valence-electron chi connectivity index (χ4n) is 3.68. The zero-order valence-corrected chi connectivity index (χ0v) is 16.9. The van der Waals surface area contributed by atoms with E-state index in [1.165, 1.54) is 12.1 Å². The maximum atomic E-state index is 13.0. The second-order valence-corrected chi connectivity index (χ2v) is 7.59. The Hall–Kier alpha value is -3.29. The van der Waals surface area contributed by atoms with Crippen LogP contribution < -0.4 is 4.74 Å². The van der Waals surface area contributed by atoms with Crippen LogP contribution in [0.2, 0.25) is 0 Å². The van der Waals surface area contributed by atoms with E-state index in [-0.39, 0.29) is 17.6 Å². The first kappa shape index (κ1) is 20.0. The van der Waals surface area contributed by atoms with E-state index in [1.54, 1.807) is 16.8 Å². The molecule has 0 unspecified atom stereocenters. The van der Waals surface area contributed by atoms with Crippen molar-refractivity contribution in [3.63, 3.8) is 0 Å². The zero-order chi connectivity index (χ0) is 20.9. The molecule has 0 bridgehead atoms. The number of nitrogens with zero attached hydrogens (tertiary/aromatic N) is 5. The summed E-state index contributed by atoms with van der Waals surface area (Å²) in [6, 6.07) is 13.7. The Morgan fingerprint density at radius 1 is 1.17 bits per heavy atom. The van der Waals surface area contributed by atoms with Gasteiger partial charge in [-0.25, -0.2) is 4.39 Å². The molecule has 1 amide bonds. The topological polar surface area (TPSA) is 73.1 Å². The van der Waals surface area contributed by atoms with E-state index in [0.29, 0.717) is 31.1 Å². The van der Waals surface area contributed by atoms with Crippen molar-refractivity contribution < 1.29 is 13.9 Å². The predicted octanol–water partition coefficient (Wildman–Crippen LogP) is 2.97. The van der Waals surface area contributed by atoms with Gasteiger partial charge in [0.2, 0.25) is 5.91 Å². The van der Waals surface area contributed by atoms with Gasteiger partial charge in [-0.3, -0.25) is 4.79 Å². The van der Waals surface area contributed by atoms with Crippen LogP contribution in [0.5, 0.6) is 5.75 Å². The molecule has 2 aromatic carbocycles. The molecule has 156 valence electrons. The minimum atomic E-state index is -0.280. The molecule has 0 saturated carbocycles. The first-order valence-corrected chi connectivity index (χ1v) is 10.1. The number of hydrogen-bond donors (Lipinski definition) is 0. The Bertz CT molecular complexity index is 988. The van der Waals surface area contributed by atoms with Crippen LogP contribution in [0.1, 0.15) is 24.2 Å². The van der Waals surface area contributed by atoms with Crippen LogP contribution in [0, 0.1) is 18.7 Å². The number of halogens is 1. The quantitative estimate of drug-likeness (QED) is 0.626. The molecule has 4 rings (SSSR count). The summed E-state index contributed by atoms with van der Waals surface area (Å²) >= 11 is 0. The van der Waals surface area contributed by atoms with E-state index in [1.807, 2.05) is 36.1 Å². The number of tetrazole rings is 1. The smallest absolute Gasteiger partial charge is 0.227 e. The van der Waals surface area contributed by atoms with E-state index in [0.717, 1.165) is 30.6 Å². The van der Waals surface area contributed by atoms with Gasteiger partial charge < -0.3 is 9.64 Å². The van der Waals surface area contributed by atoms with Crippen LogP contribution in [0.15, 0.2) is 48.5 Å². The van der Waals surface area contributed by atoms with Gasteiger partial charge >= 0.3 is 0 Å². The lowest BCUT2D eigenvalue weighted by molar-refractivity contribution is -0.132. The van der Waals surface area contributed by atoms with Gasteiger partial charge in [-0.1, -0.05) is 12.1 Å². The van der Waals surface area contributed by atoms with Gasteiger partial charge in [-0.2, -0.15) is 4.68 Å². The molecule has 0 N–H and O–H groups in total. The van der Waals surface area contributed by atoms with Crippen molar-refractivity contribution in [2.75, 3.05) is 19.7 Å². The number of carbonyl (C=O) groups excluding carboxylic acids is 1. The number of amides is 1. The maximum absolute atomic E-state index is 13.0. The molecule has 7 nitrogen and oxygen atoms in total. The monoisotopic (exact) mass is 409 g/mol. The Balaban J connectivity index is 1.30. The van der Waals surface area contributed by atoms with Crippen LogP contribution >= 0.6 is 0 Å². The third-order valence-electron chi connectivity index (χ3n) is 5.33. The maximum Gasteiger partial charge on any atom is 0.227 e. The minimum absolute atomic E-state index is 0.118. The molecule has 0 aliphatic carbocycles. The first-order chi connectivity index (χ1) is 14.6. The summed E-state index contributed by atoms with van der Waals surface area (Å²) in [5.41, 5.74) is 1.82. The van der Waals surface area contributed by atoms with Crippen LogP contribution in [-0.4, -0.2) is 50.7 Å². The minimum Gasteiger partial charge on any atom is -0.493 e. The van der Waals surface area contributed by atoms with Crippen molar-refractivity contribution in [1.29, 1.82) is 0 Å². The van der Waals surface area contributed by atoms with Crippen LogP contribution in [0.3, 0.4) is 0 Å². The highest BCUT2D eigenvalue weighted by Crippen LogP contribution is 2.20. The third-order valence-corrected chi connectivity index (χ3v) is 5.33. The van der Waals surface area contributed by atoms with Crippen molar-refractivity contribution >= 4 is 5.91 Å². The Labute approximate surface area is 174 Å². The largest absolute Gasteiger partial charge is 0.493 e. The Morgan fingerprint density at radius 2 is 1.93 bits per heavy atom. The molecule has 1 aromatic heterocycles. The van der Waals surface area contributed by atoms with Crippen molar-refractivity contribution in [2.24, 2.45) is 5.92 Å².